The molecule has 2 rings (SSSR count). The van der Waals surface area contributed by atoms with E-state index in [9.17, 15) is 4.79 Å². The van der Waals surface area contributed by atoms with Gasteiger partial charge < -0.3 is 10.5 Å². The zero-order chi connectivity index (χ0) is 14.8. The summed E-state index contributed by atoms with van der Waals surface area (Å²) in [5.41, 5.74) is 7.60. The van der Waals surface area contributed by atoms with E-state index in [0.717, 1.165) is 17.1 Å². The maximum atomic E-state index is 11.9. The molecule has 0 saturated heterocycles. The first-order valence-corrected chi connectivity index (χ1v) is 7.89. The number of aromatic nitrogens is 1. The van der Waals surface area contributed by atoms with Gasteiger partial charge in [-0.1, -0.05) is 0 Å². The summed E-state index contributed by atoms with van der Waals surface area (Å²) in [6.45, 7) is 6.26. The van der Waals surface area contributed by atoms with Crippen molar-refractivity contribution in [2.24, 2.45) is 5.73 Å². The van der Waals surface area contributed by atoms with Crippen LogP contribution in [0.5, 0.6) is 0 Å². The van der Waals surface area contributed by atoms with Gasteiger partial charge in [-0.3, -0.25) is 4.79 Å². The van der Waals surface area contributed by atoms with Crippen molar-refractivity contribution in [3.63, 3.8) is 0 Å². The number of nitrogens with zero attached hydrogens (tertiary/aromatic N) is 1. The summed E-state index contributed by atoms with van der Waals surface area (Å²) in [6.07, 6.45) is 2.27. The third kappa shape index (κ3) is 3.52. The number of nitrogens with two attached hydrogens (primary N) is 1. The molecule has 2 atom stereocenters. The molecular weight excluding hydrogens is 272 g/mol. The standard InChI is InChI=1S/C15H22N2O2S/c1-4-19-14(18)15(16)6-5-12(9-15)20-13-8-10(2)7-11(3)17-13/h7-8,12H,4-6,9,16H2,1-3H3. The molecular formula is C15H22N2O2S. The van der Waals surface area contributed by atoms with Crippen LogP contribution in [0.15, 0.2) is 17.2 Å². The number of esters is 1. The van der Waals surface area contributed by atoms with Crippen molar-refractivity contribution in [3.8, 4) is 0 Å². The molecule has 5 heteroatoms. The summed E-state index contributed by atoms with van der Waals surface area (Å²) in [4.78, 5) is 16.4. The van der Waals surface area contributed by atoms with Crippen molar-refractivity contribution < 1.29 is 9.53 Å². The zero-order valence-electron chi connectivity index (χ0n) is 12.3. The van der Waals surface area contributed by atoms with Gasteiger partial charge in [0.25, 0.3) is 0 Å². The number of rotatable bonds is 4. The molecule has 2 unspecified atom stereocenters. The Morgan fingerprint density at radius 3 is 2.95 bits per heavy atom. The van der Waals surface area contributed by atoms with Gasteiger partial charge in [-0.05, 0) is 57.7 Å². The molecule has 1 aliphatic rings. The predicted molar refractivity (Wildman–Crippen MR) is 80.8 cm³/mol. The number of thioether (sulfide) groups is 1. The third-order valence-electron chi connectivity index (χ3n) is 3.55. The molecule has 0 bridgehead atoms. The van der Waals surface area contributed by atoms with Crippen LogP contribution in [0.25, 0.3) is 0 Å². The average Bonchev–Trinajstić information content (AvgIpc) is 2.71. The van der Waals surface area contributed by atoms with Crippen LogP contribution in [0, 0.1) is 13.8 Å². The minimum absolute atomic E-state index is 0.267. The van der Waals surface area contributed by atoms with Gasteiger partial charge in [0.1, 0.15) is 5.54 Å². The van der Waals surface area contributed by atoms with Crippen LogP contribution in [0.1, 0.15) is 37.4 Å². The van der Waals surface area contributed by atoms with Crippen LogP contribution >= 0.6 is 11.8 Å². The van der Waals surface area contributed by atoms with E-state index in [1.807, 2.05) is 13.8 Å². The Morgan fingerprint density at radius 2 is 2.30 bits per heavy atom. The lowest BCUT2D eigenvalue weighted by atomic mass is 10.00. The van der Waals surface area contributed by atoms with Crippen LogP contribution in [-0.2, 0) is 9.53 Å². The van der Waals surface area contributed by atoms with Crippen LogP contribution in [-0.4, -0.2) is 28.3 Å². The zero-order valence-corrected chi connectivity index (χ0v) is 13.1. The summed E-state index contributed by atoms with van der Waals surface area (Å²) in [6, 6.07) is 4.14. The molecule has 1 saturated carbocycles. The summed E-state index contributed by atoms with van der Waals surface area (Å²) < 4.78 is 5.08. The van der Waals surface area contributed by atoms with E-state index in [1.165, 1.54) is 5.56 Å². The van der Waals surface area contributed by atoms with Gasteiger partial charge in [0, 0.05) is 10.9 Å². The third-order valence-corrected chi connectivity index (χ3v) is 4.73. The summed E-state index contributed by atoms with van der Waals surface area (Å²) in [5, 5.41) is 1.35. The molecule has 0 aromatic carbocycles. The fraction of sp³-hybridized carbons (Fsp3) is 0.600. The highest BCUT2D eigenvalue weighted by atomic mass is 32.2. The Hall–Kier alpha value is -1.07. The molecule has 110 valence electrons. The minimum Gasteiger partial charge on any atom is -0.465 e. The van der Waals surface area contributed by atoms with E-state index in [0.29, 0.717) is 24.7 Å². The van der Waals surface area contributed by atoms with Gasteiger partial charge in [-0.2, -0.15) is 0 Å². The molecule has 1 aromatic rings. The molecule has 1 fully saturated rings. The Labute approximate surface area is 124 Å². The molecule has 2 N–H and O–H groups in total. The van der Waals surface area contributed by atoms with E-state index in [-0.39, 0.29) is 5.97 Å². The summed E-state index contributed by atoms with van der Waals surface area (Å²) in [5.74, 6) is -0.267. The van der Waals surface area contributed by atoms with Gasteiger partial charge in [0.15, 0.2) is 0 Å². The second kappa shape index (κ2) is 6.14. The number of pyridine rings is 1. The highest BCUT2D eigenvalue weighted by Gasteiger charge is 2.43. The number of carbonyl (C=O) groups excluding carboxylic acids is 1. The van der Waals surface area contributed by atoms with E-state index >= 15 is 0 Å². The Bertz CT molecular complexity index is 486. The van der Waals surface area contributed by atoms with Gasteiger partial charge in [0.2, 0.25) is 0 Å². The maximum Gasteiger partial charge on any atom is 0.326 e. The van der Waals surface area contributed by atoms with E-state index in [1.54, 1.807) is 11.8 Å². The molecule has 0 aliphatic heterocycles. The van der Waals surface area contributed by atoms with Crippen molar-refractivity contribution in [3.05, 3.63) is 23.4 Å². The lowest BCUT2D eigenvalue weighted by molar-refractivity contribution is -0.149. The molecule has 0 spiro atoms. The first-order valence-electron chi connectivity index (χ1n) is 7.01. The highest BCUT2D eigenvalue weighted by molar-refractivity contribution is 7.99. The molecule has 0 radical (unpaired) electrons. The number of ether oxygens (including phenoxy) is 1. The topological polar surface area (TPSA) is 65.2 Å². The number of hydrogen-bond acceptors (Lipinski definition) is 5. The minimum atomic E-state index is -0.813. The van der Waals surface area contributed by atoms with Crippen molar-refractivity contribution in [2.45, 2.75) is 55.8 Å². The van der Waals surface area contributed by atoms with Crippen LogP contribution in [0.2, 0.25) is 0 Å². The monoisotopic (exact) mass is 294 g/mol. The molecule has 1 aromatic heterocycles. The second-order valence-corrected chi connectivity index (χ2v) is 6.80. The van der Waals surface area contributed by atoms with E-state index in [4.69, 9.17) is 10.5 Å². The molecule has 20 heavy (non-hydrogen) atoms. The average molecular weight is 294 g/mol. The van der Waals surface area contributed by atoms with Gasteiger partial charge >= 0.3 is 5.97 Å². The fourth-order valence-electron chi connectivity index (χ4n) is 2.63. The maximum absolute atomic E-state index is 11.9. The lowest BCUT2D eigenvalue weighted by Crippen LogP contribution is -2.47. The van der Waals surface area contributed by atoms with Crippen molar-refractivity contribution in [1.82, 2.24) is 4.98 Å². The first kappa shape index (κ1) is 15.3. The van der Waals surface area contributed by atoms with Gasteiger partial charge in [-0.15, -0.1) is 11.8 Å². The van der Waals surface area contributed by atoms with Crippen LogP contribution < -0.4 is 5.73 Å². The number of carbonyl (C=O) groups is 1. The molecule has 1 aliphatic carbocycles. The summed E-state index contributed by atoms with van der Waals surface area (Å²) in [7, 11) is 0. The molecule has 0 amide bonds. The van der Waals surface area contributed by atoms with Gasteiger partial charge in [-0.25, -0.2) is 4.98 Å². The number of aryl methyl sites for hydroxylation is 2. The normalized spacial score (nSPS) is 25.7. The van der Waals surface area contributed by atoms with E-state index in [2.05, 4.69) is 24.0 Å². The lowest BCUT2D eigenvalue weighted by Gasteiger charge is -2.21. The smallest absolute Gasteiger partial charge is 0.326 e. The Balaban J connectivity index is 2.01. The van der Waals surface area contributed by atoms with Gasteiger partial charge in [0.05, 0.1) is 11.6 Å². The largest absolute Gasteiger partial charge is 0.465 e. The van der Waals surface area contributed by atoms with Crippen LogP contribution in [0.3, 0.4) is 0 Å². The van der Waals surface area contributed by atoms with Crippen molar-refractivity contribution in [1.29, 1.82) is 0 Å². The Morgan fingerprint density at radius 1 is 1.55 bits per heavy atom. The molecule has 4 nitrogen and oxygen atoms in total. The van der Waals surface area contributed by atoms with Crippen molar-refractivity contribution in [2.75, 3.05) is 6.61 Å². The summed E-state index contributed by atoms with van der Waals surface area (Å²) >= 11 is 1.72. The van der Waals surface area contributed by atoms with E-state index < -0.39 is 5.54 Å². The highest BCUT2D eigenvalue weighted by Crippen LogP contribution is 2.39. The SMILES string of the molecule is CCOC(=O)C1(N)CCC(Sc2cc(C)cc(C)n2)C1. The molecule has 1 heterocycles. The first-order chi connectivity index (χ1) is 9.43. The number of hydrogen-bond donors (Lipinski definition) is 1. The van der Waals surface area contributed by atoms with Crippen molar-refractivity contribution >= 4 is 17.7 Å². The fourth-order valence-corrected chi connectivity index (χ4v) is 4.03. The second-order valence-electron chi connectivity index (χ2n) is 5.48. The quantitative estimate of drug-likeness (QED) is 0.865. The van der Waals surface area contributed by atoms with Crippen LogP contribution in [0.4, 0.5) is 0 Å². The Kier molecular flexibility index (Phi) is 4.70. The predicted octanol–water partition coefficient (Wildman–Crippen LogP) is 2.60.